The summed E-state index contributed by atoms with van der Waals surface area (Å²) < 4.78 is 25.2. The molecule has 1 aliphatic rings. The number of aliphatic hydroxyl groups excluding tert-OH is 3. The van der Waals surface area contributed by atoms with Gasteiger partial charge in [0.1, 0.15) is 24.9 Å². The molecule has 3 N–H and O–H groups in total. The highest BCUT2D eigenvalue weighted by Gasteiger charge is 2.37. The fourth-order valence-electron chi connectivity index (χ4n) is 1.63. The zero-order chi connectivity index (χ0) is 18.7. The molecule has 0 spiro atoms. The first-order valence-electron chi connectivity index (χ1n) is 7.69. The van der Waals surface area contributed by atoms with Crippen LogP contribution in [0.1, 0.15) is 0 Å². The first-order valence-corrected chi connectivity index (χ1v) is 7.69. The zero-order valence-electron chi connectivity index (χ0n) is 13.8. The minimum Gasteiger partial charge on any atom is -0.388 e. The molecule has 10 nitrogen and oxygen atoms in total. The van der Waals surface area contributed by atoms with Crippen molar-refractivity contribution in [2.24, 2.45) is 5.18 Å². The van der Waals surface area contributed by atoms with Gasteiger partial charge in [0.25, 0.3) is 0 Å². The standard InChI is InChI=1S/C15H25NO9/c1-3-12-15(25-12)24-9-14(19)23-8-11(17)7-21-5-10(16-20)6-22-13(18)4-2/h3-4,10-15,17-19H,1-2,5-9H2. The van der Waals surface area contributed by atoms with Crippen molar-refractivity contribution in [1.29, 1.82) is 0 Å². The van der Waals surface area contributed by atoms with E-state index in [2.05, 4.69) is 18.3 Å². The quantitative estimate of drug-likeness (QED) is 0.140. The van der Waals surface area contributed by atoms with E-state index in [0.29, 0.717) is 0 Å². The van der Waals surface area contributed by atoms with Gasteiger partial charge in [0.15, 0.2) is 18.9 Å². The Hall–Kier alpha value is -1.24. The molecule has 0 bridgehead atoms. The second-order valence-electron chi connectivity index (χ2n) is 5.24. The molecule has 1 heterocycles. The number of hydrogen-bond acceptors (Lipinski definition) is 10. The van der Waals surface area contributed by atoms with E-state index in [9.17, 15) is 15.1 Å². The number of epoxide rings is 1. The summed E-state index contributed by atoms with van der Waals surface area (Å²) in [6.45, 7) is 6.18. The maximum absolute atomic E-state index is 10.6. The molecule has 25 heavy (non-hydrogen) atoms. The highest BCUT2D eigenvalue weighted by molar-refractivity contribution is 4.93. The van der Waals surface area contributed by atoms with Gasteiger partial charge in [0.05, 0.1) is 26.4 Å². The Morgan fingerprint density at radius 3 is 2.44 bits per heavy atom. The van der Waals surface area contributed by atoms with Crippen molar-refractivity contribution < 1.29 is 39.0 Å². The van der Waals surface area contributed by atoms with E-state index in [1.165, 1.54) is 0 Å². The van der Waals surface area contributed by atoms with Crippen LogP contribution in [-0.4, -0.2) is 85.5 Å². The molecule has 10 heteroatoms. The molecule has 1 aliphatic heterocycles. The van der Waals surface area contributed by atoms with Crippen molar-refractivity contribution in [2.75, 3.05) is 33.0 Å². The van der Waals surface area contributed by atoms with Gasteiger partial charge in [-0.3, -0.25) is 0 Å². The molecule has 0 aliphatic carbocycles. The third kappa shape index (κ3) is 9.72. The average Bonchev–Trinajstić information content (AvgIpc) is 3.39. The van der Waals surface area contributed by atoms with E-state index >= 15 is 0 Å². The first-order chi connectivity index (χ1) is 12.0. The molecule has 1 saturated heterocycles. The molecule has 6 unspecified atom stereocenters. The van der Waals surface area contributed by atoms with Crippen molar-refractivity contribution >= 4 is 0 Å². The van der Waals surface area contributed by atoms with E-state index < -0.39 is 31.0 Å². The third-order valence-corrected chi connectivity index (χ3v) is 3.03. The van der Waals surface area contributed by atoms with Crippen LogP contribution in [0.4, 0.5) is 0 Å². The van der Waals surface area contributed by atoms with Crippen LogP contribution in [0.5, 0.6) is 0 Å². The van der Waals surface area contributed by atoms with Crippen LogP contribution in [0, 0.1) is 4.91 Å². The lowest BCUT2D eigenvalue weighted by Gasteiger charge is -2.17. The summed E-state index contributed by atoms with van der Waals surface area (Å²) in [5, 5.41) is 31.1. The predicted molar refractivity (Wildman–Crippen MR) is 85.3 cm³/mol. The largest absolute Gasteiger partial charge is 0.388 e. The Labute approximate surface area is 145 Å². The monoisotopic (exact) mass is 363 g/mol. The molecule has 0 radical (unpaired) electrons. The topological polar surface area (TPSA) is 140 Å². The van der Waals surface area contributed by atoms with E-state index in [-0.39, 0.29) is 39.1 Å². The van der Waals surface area contributed by atoms with Gasteiger partial charge in [-0.2, -0.15) is 4.91 Å². The first kappa shape index (κ1) is 21.8. The van der Waals surface area contributed by atoms with Crippen molar-refractivity contribution in [3.8, 4) is 0 Å². The minimum atomic E-state index is -1.22. The second kappa shape index (κ2) is 12.2. The number of ether oxygens (including phenoxy) is 5. The fraction of sp³-hybridized carbons (Fsp3) is 0.733. The number of nitroso groups, excluding NO2 is 1. The summed E-state index contributed by atoms with van der Waals surface area (Å²) in [6.07, 6.45) is -1.26. The summed E-state index contributed by atoms with van der Waals surface area (Å²) in [4.78, 5) is 10.6. The molecule has 144 valence electrons. The number of rotatable bonds is 16. The lowest BCUT2D eigenvalue weighted by atomic mass is 10.3. The van der Waals surface area contributed by atoms with E-state index in [0.717, 1.165) is 6.08 Å². The minimum absolute atomic E-state index is 0.0992. The maximum atomic E-state index is 10.6. The molecular formula is C15H25NO9. The molecule has 0 aromatic rings. The van der Waals surface area contributed by atoms with Crippen LogP contribution in [0.2, 0.25) is 0 Å². The van der Waals surface area contributed by atoms with Gasteiger partial charge in [-0.1, -0.05) is 17.8 Å². The zero-order valence-corrected chi connectivity index (χ0v) is 13.8. The highest BCUT2D eigenvalue weighted by Crippen LogP contribution is 2.23. The second-order valence-corrected chi connectivity index (χ2v) is 5.24. The molecule has 1 fully saturated rings. The Morgan fingerprint density at radius 1 is 1.08 bits per heavy atom. The van der Waals surface area contributed by atoms with Crippen LogP contribution in [0.15, 0.2) is 30.5 Å². The lowest BCUT2D eigenvalue weighted by Crippen LogP contribution is -2.30. The molecule has 6 atom stereocenters. The summed E-state index contributed by atoms with van der Waals surface area (Å²) in [5.74, 6) is 0. The average molecular weight is 363 g/mol. The van der Waals surface area contributed by atoms with E-state index in [1.54, 1.807) is 6.08 Å². The highest BCUT2D eigenvalue weighted by atomic mass is 16.8. The van der Waals surface area contributed by atoms with E-state index in [1.807, 2.05) is 0 Å². The van der Waals surface area contributed by atoms with Crippen molar-refractivity contribution in [2.45, 2.75) is 37.1 Å². The maximum Gasteiger partial charge on any atom is 0.188 e. The lowest BCUT2D eigenvalue weighted by molar-refractivity contribution is -0.166. The Morgan fingerprint density at radius 2 is 1.84 bits per heavy atom. The molecular weight excluding hydrogens is 338 g/mol. The van der Waals surface area contributed by atoms with Crippen LogP contribution >= 0.6 is 0 Å². The van der Waals surface area contributed by atoms with Gasteiger partial charge < -0.3 is 39.0 Å². The van der Waals surface area contributed by atoms with Crippen LogP contribution in [0.3, 0.4) is 0 Å². The van der Waals surface area contributed by atoms with Gasteiger partial charge in [0, 0.05) is 0 Å². The van der Waals surface area contributed by atoms with Gasteiger partial charge in [-0.25, -0.2) is 0 Å². The Bertz CT molecular complexity index is 408. The molecule has 0 aromatic carbocycles. The SMILES string of the molecule is C=CC(O)OCC(COCC(O)COC(O)COC1OC1C=C)N=O. The van der Waals surface area contributed by atoms with Gasteiger partial charge in [-0.15, -0.1) is 6.58 Å². The summed E-state index contributed by atoms with van der Waals surface area (Å²) in [6, 6.07) is -0.835. The smallest absolute Gasteiger partial charge is 0.188 e. The molecule has 1 rings (SSSR count). The van der Waals surface area contributed by atoms with Crippen molar-refractivity contribution in [3.63, 3.8) is 0 Å². The van der Waals surface area contributed by atoms with Crippen molar-refractivity contribution in [3.05, 3.63) is 30.2 Å². The van der Waals surface area contributed by atoms with Crippen LogP contribution in [-0.2, 0) is 23.7 Å². The fourth-order valence-corrected chi connectivity index (χ4v) is 1.63. The normalized spacial score (nSPS) is 24.1. The summed E-state index contributed by atoms with van der Waals surface area (Å²) in [7, 11) is 0. The van der Waals surface area contributed by atoms with Crippen molar-refractivity contribution in [1.82, 2.24) is 0 Å². The van der Waals surface area contributed by atoms with Crippen LogP contribution < -0.4 is 0 Å². The predicted octanol–water partition coefficient (Wildman–Crippen LogP) is -0.718. The van der Waals surface area contributed by atoms with Gasteiger partial charge >= 0.3 is 0 Å². The number of nitrogens with zero attached hydrogens (tertiary/aromatic N) is 1. The molecule has 0 aromatic heterocycles. The third-order valence-electron chi connectivity index (χ3n) is 3.03. The number of aliphatic hydroxyl groups is 3. The van der Waals surface area contributed by atoms with Crippen LogP contribution in [0.25, 0.3) is 0 Å². The number of hydrogen-bond donors (Lipinski definition) is 3. The van der Waals surface area contributed by atoms with E-state index in [4.69, 9.17) is 28.8 Å². The van der Waals surface area contributed by atoms with Gasteiger partial charge in [0.2, 0.25) is 0 Å². The molecule has 0 saturated carbocycles. The summed E-state index contributed by atoms with van der Waals surface area (Å²) in [5.41, 5.74) is 0. The summed E-state index contributed by atoms with van der Waals surface area (Å²) >= 11 is 0. The Balaban J connectivity index is 2.04. The Kier molecular flexibility index (Phi) is 10.6. The van der Waals surface area contributed by atoms with Gasteiger partial charge in [-0.05, 0) is 6.08 Å². The molecule has 0 amide bonds.